The smallest absolute Gasteiger partial charge is 0.407 e. The maximum atomic E-state index is 12.6. The van der Waals surface area contributed by atoms with Crippen LogP contribution in [0, 0.1) is 0 Å². The summed E-state index contributed by atoms with van der Waals surface area (Å²) in [5.41, 5.74) is 2.00. The second-order valence-corrected chi connectivity index (χ2v) is 8.42. The van der Waals surface area contributed by atoms with Crippen molar-refractivity contribution in [2.75, 3.05) is 21.3 Å². The van der Waals surface area contributed by atoms with Gasteiger partial charge in [-0.15, -0.1) is 0 Å². The van der Waals surface area contributed by atoms with Crippen molar-refractivity contribution < 1.29 is 23.7 Å². The van der Waals surface area contributed by atoms with Gasteiger partial charge in [0.05, 0.1) is 27.4 Å². The first kappa shape index (κ1) is 24.9. The Bertz CT molecular complexity index is 1380. The lowest BCUT2D eigenvalue weighted by atomic mass is 9.93. The molecule has 0 aliphatic carbocycles. The van der Waals surface area contributed by atoms with Crippen LogP contribution >= 0.6 is 0 Å². The summed E-state index contributed by atoms with van der Waals surface area (Å²) in [6.07, 6.45) is 4.00. The third kappa shape index (κ3) is 5.54. The molecule has 0 aliphatic heterocycles. The minimum atomic E-state index is -0.462. The highest BCUT2D eigenvalue weighted by molar-refractivity contribution is 6.10. The summed E-state index contributed by atoms with van der Waals surface area (Å²) in [5, 5.41) is 7.14. The van der Waals surface area contributed by atoms with E-state index < -0.39 is 6.09 Å². The zero-order valence-electron chi connectivity index (χ0n) is 21.0. The van der Waals surface area contributed by atoms with Gasteiger partial charge < -0.3 is 24.3 Å². The number of carbonyl (C=O) groups is 1. The summed E-state index contributed by atoms with van der Waals surface area (Å²) >= 11 is 0. The van der Waals surface area contributed by atoms with Crippen LogP contribution in [0.4, 0.5) is 4.79 Å². The molecule has 0 saturated carbocycles. The van der Waals surface area contributed by atoms with E-state index in [4.69, 9.17) is 18.9 Å². The second kappa shape index (κ2) is 11.5. The molecular formula is C30H31NO5. The van der Waals surface area contributed by atoms with Crippen molar-refractivity contribution in [3.63, 3.8) is 0 Å². The number of benzene rings is 4. The number of carbonyl (C=O) groups excluding carboxylic acids is 1. The number of nitrogens with one attached hydrogen (secondary N) is 1. The van der Waals surface area contributed by atoms with E-state index in [1.807, 2.05) is 79.7 Å². The van der Waals surface area contributed by atoms with Crippen LogP contribution in [-0.2, 0) is 17.8 Å². The van der Waals surface area contributed by atoms with Crippen LogP contribution in [0.1, 0.15) is 18.1 Å². The molecule has 0 radical (unpaired) electrons. The molecule has 0 bridgehead atoms. The van der Waals surface area contributed by atoms with Crippen LogP contribution in [0.2, 0.25) is 0 Å². The molecule has 6 heteroatoms. The maximum absolute atomic E-state index is 12.6. The number of ether oxygens (including phenoxy) is 4. The van der Waals surface area contributed by atoms with E-state index in [1.54, 1.807) is 21.3 Å². The number of amides is 1. The van der Waals surface area contributed by atoms with E-state index in [0.29, 0.717) is 17.9 Å². The monoisotopic (exact) mass is 485 g/mol. The number of methoxy groups -OCH3 is 3. The fourth-order valence-electron chi connectivity index (χ4n) is 4.38. The van der Waals surface area contributed by atoms with Crippen molar-refractivity contribution >= 4 is 27.6 Å². The first-order chi connectivity index (χ1) is 17.6. The first-order valence-corrected chi connectivity index (χ1v) is 11.8. The van der Waals surface area contributed by atoms with Gasteiger partial charge in [0.2, 0.25) is 0 Å². The molecular weight excluding hydrogens is 454 g/mol. The topological polar surface area (TPSA) is 66.0 Å². The van der Waals surface area contributed by atoms with Gasteiger partial charge in [-0.25, -0.2) is 4.79 Å². The zero-order chi connectivity index (χ0) is 25.5. The SMILES string of the molecule is C/C=C/[C@H](Cc1cc2ccc(OC)cc2c2cc(OC)c(OC)cc12)NC(=O)OCc1ccccc1. The highest BCUT2D eigenvalue weighted by atomic mass is 16.5. The molecule has 36 heavy (non-hydrogen) atoms. The van der Waals surface area contributed by atoms with Crippen LogP contribution in [0.15, 0.2) is 78.9 Å². The Balaban J connectivity index is 1.69. The Morgan fingerprint density at radius 2 is 1.58 bits per heavy atom. The predicted octanol–water partition coefficient (Wildman–Crippen LogP) is 6.43. The van der Waals surface area contributed by atoms with Gasteiger partial charge >= 0.3 is 6.09 Å². The van der Waals surface area contributed by atoms with Crippen molar-refractivity contribution in [3.05, 3.63) is 90.0 Å². The standard InChI is InChI=1S/C30H31NO5/c1-5-9-23(31-30(32)36-19-20-10-7-6-8-11-20)15-22-14-21-12-13-24(33-2)16-25(21)27-18-29(35-4)28(34-3)17-26(22)27/h5-14,16-18,23H,15,19H2,1-4H3,(H,31,32)/b9-5+/t23-/m1/s1. The number of allylic oxidation sites excluding steroid dienone is 1. The van der Waals surface area contributed by atoms with Gasteiger partial charge in [0.1, 0.15) is 12.4 Å². The fourth-order valence-corrected chi connectivity index (χ4v) is 4.38. The lowest BCUT2D eigenvalue weighted by Gasteiger charge is -2.19. The number of fused-ring (bicyclic) bond motifs is 3. The summed E-state index contributed by atoms with van der Waals surface area (Å²) in [5.74, 6) is 2.08. The van der Waals surface area contributed by atoms with Gasteiger partial charge in [0.25, 0.3) is 0 Å². The maximum Gasteiger partial charge on any atom is 0.407 e. The molecule has 1 atom stereocenters. The van der Waals surface area contributed by atoms with Crippen LogP contribution < -0.4 is 19.5 Å². The largest absolute Gasteiger partial charge is 0.497 e. The van der Waals surface area contributed by atoms with Crippen molar-refractivity contribution in [2.24, 2.45) is 0 Å². The van der Waals surface area contributed by atoms with Crippen molar-refractivity contribution in [3.8, 4) is 17.2 Å². The lowest BCUT2D eigenvalue weighted by Crippen LogP contribution is -2.35. The average Bonchev–Trinajstić information content (AvgIpc) is 2.91. The molecule has 0 spiro atoms. The summed E-state index contributed by atoms with van der Waals surface area (Å²) in [7, 11) is 4.91. The summed E-state index contributed by atoms with van der Waals surface area (Å²) in [6.45, 7) is 2.15. The van der Waals surface area contributed by atoms with Crippen molar-refractivity contribution in [1.82, 2.24) is 5.32 Å². The quantitative estimate of drug-likeness (QED) is 0.219. The van der Waals surface area contributed by atoms with Crippen LogP contribution in [0.3, 0.4) is 0 Å². The number of alkyl carbamates (subject to hydrolysis) is 1. The van der Waals surface area contributed by atoms with Crippen LogP contribution in [-0.4, -0.2) is 33.5 Å². The molecule has 186 valence electrons. The fraction of sp³-hybridized carbons (Fsp3) is 0.233. The van der Waals surface area contributed by atoms with Gasteiger partial charge in [-0.3, -0.25) is 0 Å². The molecule has 0 aromatic heterocycles. The zero-order valence-corrected chi connectivity index (χ0v) is 21.0. The Hall–Kier alpha value is -4.19. The summed E-state index contributed by atoms with van der Waals surface area (Å²) in [6, 6.07) is 21.5. The highest BCUT2D eigenvalue weighted by Crippen LogP contribution is 2.39. The third-order valence-electron chi connectivity index (χ3n) is 6.13. The van der Waals surface area contributed by atoms with E-state index in [9.17, 15) is 4.79 Å². The van der Waals surface area contributed by atoms with Crippen molar-refractivity contribution in [2.45, 2.75) is 26.0 Å². The predicted molar refractivity (Wildman–Crippen MR) is 143 cm³/mol. The molecule has 6 nitrogen and oxygen atoms in total. The van der Waals surface area contributed by atoms with E-state index >= 15 is 0 Å². The third-order valence-corrected chi connectivity index (χ3v) is 6.13. The van der Waals surface area contributed by atoms with E-state index in [-0.39, 0.29) is 12.6 Å². The summed E-state index contributed by atoms with van der Waals surface area (Å²) < 4.78 is 22.1. The second-order valence-electron chi connectivity index (χ2n) is 8.42. The molecule has 4 rings (SSSR count). The molecule has 0 fully saturated rings. The number of rotatable bonds is 9. The Morgan fingerprint density at radius 3 is 2.25 bits per heavy atom. The minimum absolute atomic E-state index is 0.215. The molecule has 0 unspecified atom stereocenters. The van der Waals surface area contributed by atoms with Crippen LogP contribution in [0.5, 0.6) is 17.2 Å². The molecule has 0 aliphatic rings. The minimum Gasteiger partial charge on any atom is -0.497 e. The number of hydrogen-bond donors (Lipinski definition) is 1. The molecule has 4 aromatic carbocycles. The normalized spacial score (nSPS) is 12.0. The van der Waals surface area contributed by atoms with E-state index in [0.717, 1.165) is 38.4 Å². The van der Waals surface area contributed by atoms with Crippen molar-refractivity contribution in [1.29, 1.82) is 0 Å². The van der Waals surface area contributed by atoms with Gasteiger partial charge in [0.15, 0.2) is 11.5 Å². The lowest BCUT2D eigenvalue weighted by molar-refractivity contribution is 0.137. The average molecular weight is 486 g/mol. The Kier molecular flexibility index (Phi) is 7.95. The Labute approximate surface area is 211 Å². The molecule has 1 N–H and O–H groups in total. The highest BCUT2D eigenvalue weighted by Gasteiger charge is 2.17. The number of hydrogen-bond acceptors (Lipinski definition) is 5. The van der Waals surface area contributed by atoms with Gasteiger partial charge in [-0.1, -0.05) is 54.6 Å². The van der Waals surface area contributed by atoms with Crippen LogP contribution in [0.25, 0.3) is 21.5 Å². The van der Waals surface area contributed by atoms with Gasteiger partial charge in [-0.05, 0) is 70.3 Å². The molecule has 0 heterocycles. The van der Waals surface area contributed by atoms with Gasteiger partial charge in [-0.2, -0.15) is 0 Å². The summed E-state index contributed by atoms with van der Waals surface area (Å²) in [4.78, 5) is 12.6. The molecule has 4 aromatic rings. The molecule has 1 amide bonds. The van der Waals surface area contributed by atoms with Gasteiger partial charge in [0, 0.05) is 0 Å². The molecule has 0 saturated heterocycles. The van der Waals surface area contributed by atoms with E-state index in [2.05, 4.69) is 11.4 Å². The first-order valence-electron chi connectivity index (χ1n) is 11.8. The Morgan fingerprint density at radius 1 is 0.861 bits per heavy atom. The van der Waals surface area contributed by atoms with E-state index in [1.165, 1.54) is 0 Å².